The van der Waals surface area contributed by atoms with Crippen molar-refractivity contribution in [2.75, 3.05) is 14.2 Å². The second-order valence-corrected chi connectivity index (χ2v) is 5.52. The molecule has 0 heterocycles. The molecule has 1 rings (SSSR count). The van der Waals surface area contributed by atoms with Gasteiger partial charge >= 0.3 is 11.8 Å². The molecule has 0 unspecified atom stereocenters. The van der Waals surface area contributed by atoms with Crippen LogP contribution in [0, 0.1) is 0 Å². The van der Waals surface area contributed by atoms with Gasteiger partial charge in [0.1, 0.15) is 0 Å². The number of nitrogens with zero attached hydrogens (tertiary/aromatic N) is 1. The maximum atomic E-state index is 11.6. The fourth-order valence-corrected chi connectivity index (χ4v) is 1.55. The van der Waals surface area contributed by atoms with E-state index in [2.05, 4.69) is 15.8 Å². The molecular formula is C15H21N3O4. The number of amides is 2. The average Bonchev–Trinajstić information content (AvgIpc) is 2.45. The normalized spacial score (nSPS) is 11.1. The molecule has 2 amide bonds. The summed E-state index contributed by atoms with van der Waals surface area (Å²) in [6.07, 6.45) is 1.41. The quantitative estimate of drug-likeness (QED) is 0.495. The van der Waals surface area contributed by atoms with Gasteiger partial charge in [-0.25, -0.2) is 5.43 Å². The van der Waals surface area contributed by atoms with Crippen LogP contribution in [0.4, 0.5) is 0 Å². The molecule has 0 atom stereocenters. The van der Waals surface area contributed by atoms with Crippen LogP contribution in [0.15, 0.2) is 23.3 Å². The predicted octanol–water partition coefficient (Wildman–Crippen LogP) is 1.07. The van der Waals surface area contributed by atoms with Gasteiger partial charge in [0.15, 0.2) is 11.5 Å². The van der Waals surface area contributed by atoms with Crippen molar-refractivity contribution in [2.24, 2.45) is 5.10 Å². The summed E-state index contributed by atoms with van der Waals surface area (Å²) in [5.41, 5.74) is 2.37. The fourth-order valence-electron chi connectivity index (χ4n) is 1.55. The Bertz CT molecular complexity index is 577. The Hall–Kier alpha value is -2.57. The Labute approximate surface area is 129 Å². The summed E-state index contributed by atoms with van der Waals surface area (Å²) in [5.74, 6) is -0.430. The Morgan fingerprint density at radius 2 is 1.73 bits per heavy atom. The van der Waals surface area contributed by atoms with Crippen LogP contribution >= 0.6 is 0 Å². The highest BCUT2D eigenvalue weighted by molar-refractivity contribution is 6.35. The molecule has 0 saturated heterocycles. The Balaban J connectivity index is 2.66. The molecule has 0 saturated carbocycles. The number of methoxy groups -OCH3 is 2. The van der Waals surface area contributed by atoms with E-state index in [0.717, 1.165) is 0 Å². The van der Waals surface area contributed by atoms with Crippen molar-refractivity contribution < 1.29 is 19.1 Å². The number of hydrazone groups is 1. The summed E-state index contributed by atoms with van der Waals surface area (Å²) in [6.45, 7) is 5.35. The minimum Gasteiger partial charge on any atom is -0.493 e. The highest BCUT2D eigenvalue weighted by atomic mass is 16.5. The zero-order chi connectivity index (χ0) is 16.8. The predicted molar refractivity (Wildman–Crippen MR) is 83.2 cm³/mol. The standard InChI is InChI=1S/C15H21N3O4/c1-15(2,3)17-13(19)14(20)18-16-9-10-6-7-11(21-4)12(8-10)22-5/h6-9H,1-5H3,(H,17,19)(H,18,20)/b16-9-. The molecule has 1 aromatic carbocycles. The summed E-state index contributed by atoms with van der Waals surface area (Å²) >= 11 is 0. The zero-order valence-electron chi connectivity index (χ0n) is 13.4. The number of hydrogen-bond donors (Lipinski definition) is 2. The second-order valence-electron chi connectivity index (χ2n) is 5.52. The first-order chi connectivity index (χ1) is 10.3. The number of benzene rings is 1. The third kappa shape index (κ3) is 5.43. The summed E-state index contributed by atoms with van der Waals surface area (Å²) < 4.78 is 10.3. The van der Waals surface area contributed by atoms with Gasteiger partial charge in [-0.15, -0.1) is 0 Å². The third-order valence-corrected chi connectivity index (χ3v) is 2.48. The Morgan fingerprint density at radius 3 is 2.27 bits per heavy atom. The molecule has 0 aliphatic heterocycles. The van der Waals surface area contributed by atoms with Crippen molar-refractivity contribution in [3.63, 3.8) is 0 Å². The number of nitrogens with one attached hydrogen (secondary N) is 2. The first-order valence-electron chi connectivity index (χ1n) is 6.64. The van der Waals surface area contributed by atoms with Gasteiger partial charge in [0.05, 0.1) is 20.4 Å². The molecule has 0 spiro atoms. The molecule has 0 fully saturated rings. The molecule has 0 bridgehead atoms. The first kappa shape index (κ1) is 17.5. The summed E-state index contributed by atoms with van der Waals surface area (Å²) in [5, 5.41) is 6.28. The molecule has 2 N–H and O–H groups in total. The van der Waals surface area contributed by atoms with Gasteiger partial charge in [0.25, 0.3) is 0 Å². The van der Waals surface area contributed by atoms with E-state index in [4.69, 9.17) is 9.47 Å². The zero-order valence-corrected chi connectivity index (χ0v) is 13.4. The highest BCUT2D eigenvalue weighted by Gasteiger charge is 2.19. The highest BCUT2D eigenvalue weighted by Crippen LogP contribution is 2.26. The summed E-state index contributed by atoms with van der Waals surface area (Å²) in [4.78, 5) is 23.1. The van der Waals surface area contributed by atoms with Crippen LogP contribution in [0.2, 0.25) is 0 Å². The minimum atomic E-state index is -0.827. The van der Waals surface area contributed by atoms with Crippen LogP contribution in [0.3, 0.4) is 0 Å². The van der Waals surface area contributed by atoms with Crippen molar-refractivity contribution in [1.29, 1.82) is 0 Å². The molecule has 1 aromatic rings. The van der Waals surface area contributed by atoms with Crippen LogP contribution in [-0.2, 0) is 9.59 Å². The number of hydrogen-bond acceptors (Lipinski definition) is 5. The van der Waals surface area contributed by atoms with Crippen LogP contribution in [0.5, 0.6) is 11.5 Å². The topological polar surface area (TPSA) is 89.0 Å². The average molecular weight is 307 g/mol. The van der Waals surface area contributed by atoms with Crippen molar-refractivity contribution >= 4 is 18.0 Å². The summed E-state index contributed by atoms with van der Waals surface area (Å²) in [6, 6.07) is 5.16. The molecule has 0 aliphatic rings. The van der Waals surface area contributed by atoms with Crippen molar-refractivity contribution in [1.82, 2.24) is 10.7 Å². The van der Waals surface area contributed by atoms with E-state index < -0.39 is 17.4 Å². The van der Waals surface area contributed by atoms with Gasteiger partial charge in [-0.3, -0.25) is 9.59 Å². The number of rotatable bonds is 4. The van der Waals surface area contributed by atoms with Gasteiger partial charge in [-0.05, 0) is 44.5 Å². The molecule has 0 aromatic heterocycles. The van der Waals surface area contributed by atoms with E-state index in [1.807, 2.05) is 0 Å². The lowest BCUT2D eigenvalue weighted by Crippen LogP contribution is -2.47. The monoisotopic (exact) mass is 307 g/mol. The van der Waals surface area contributed by atoms with E-state index in [1.165, 1.54) is 13.3 Å². The number of carbonyl (C=O) groups is 2. The van der Waals surface area contributed by atoms with Gasteiger partial charge in [0, 0.05) is 5.54 Å². The molecule has 22 heavy (non-hydrogen) atoms. The van der Waals surface area contributed by atoms with E-state index in [0.29, 0.717) is 17.1 Å². The van der Waals surface area contributed by atoms with E-state index in [1.54, 1.807) is 46.1 Å². The lowest BCUT2D eigenvalue weighted by atomic mass is 10.1. The largest absolute Gasteiger partial charge is 0.493 e. The molecular weight excluding hydrogens is 286 g/mol. The van der Waals surface area contributed by atoms with Crippen molar-refractivity contribution in [2.45, 2.75) is 26.3 Å². The van der Waals surface area contributed by atoms with Crippen LogP contribution in [0.1, 0.15) is 26.3 Å². The molecule has 0 aliphatic carbocycles. The maximum absolute atomic E-state index is 11.6. The van der Waals surface area contributed by atoms with Crippen molar-refractivity contribution in [3.8, 4) is 11.5 Å². The molecule has 7 nitrogen and oxygen atoms in total. The van der Waals surface area contributed by atoms with Crippen LogP contribution in [-0.4, -0.2) is 37.8 Å². The van der Waals surface area contributed by atoms with Gasteiger partial charge in [0.2, 0.25) is 0 Å². The SMILES string of the molecule is COc1ccc(/C=N\NC(=O)C(=O)NC(C)(C)C)cc1OC. The van der Waals surface area contributed by atoms with Gasteiger partial charge in [-0.1, -0.05) is 0 Å². The molecule has 0 radical (unpaired) electrons. The second kappa shape index (κ2) is 7.44. The van der Waals surface area contributed by atoms with E-state index in [-0.39, 0.29) is 0 Å². The minimum absolute atomic E-state index is 0.485. The molecule has 120 valence electrons. The third-order valence-electron chi connectivity index (χ3n) is 2.48. The molecule has 7 heteroatoms. The van der Waals surface area contributed by atoms with Gasteiger partial charge in [-0.2, -0.15) is 5.10 Å². The van der Waals surface area contributed by atoms with E-state index >= 15 is 0 Å². The van der Waals surface area contributed by atoms with E-state index in [9.17, 15) is 9.59 Å². The van der Waals surface area contributed by atoms with Crippen LogP contribution in [0.25, 0.3) is 0 Å². The summed E-state index contributed by atoms with van der Waals surface area (Å²) in [7, 11) is 3.07. The maximum Gasteiger partial charge on any atom is 0.329 e. The van der Waals surface area contributed by atoms with Gasteiger partial charge < -0.3 is 14.8 Å². The lowest BCUT2D eigenvalue weighted by molar-refractivity contribution is -0.140. The van der Waals surface area contributed by atoms with Crippen molar-refractivity contribution in [3.05, 3.63) is 23.8 Å². The Kier molecular flexibility index (Phi) is 5.91. The smallest absolute Gasteiger partial charge is 0.329 e. The number of carbonyl (C=O) groups excluding carboxylic acids is 2. The van der Waals surface area contributed by atoms with Crippen LogP contribution < -0.4 is 20.2 Å². The first-order valence-corrected chi connectivity index (χ1v) is 6.64. The number of ether oxygens (including phenoxy) is 2. The lowest BCUT2D eigenvalue weighted by Gasteiger charge is -2.19. The Morgan fingerprint density at radius 1 is 1.09 bits per heavy atom. The fraction of sp³-hybridized carbons (Fsp3) is 0.400.